The van der Waals surface area contributed by atoms with E-state index in [4.69, 9.17) is 5.73 Å². The summed E-state index contributed by atoms with van der Waals surface area (Å²) in [5.41, 5.74) is 6.13. The minimum absolute atomic E-state index is 0.0436. The van der Waals surface area contributed by atoms with Crippen LogP contribution in [0.25, 0.3) is 0 Å². The van der Waals surface area contributed by atoms with Crippen LogP contribution in [-0.2, 0) is 14.4 Å². The van der Waals surface area contributed by atoms with Crippen molar-refractivity contribution < 1.29 is 19.5 Å². The molecule has 8 heteroatoms. The van der Waals surface area contributed by atoms with Gasteiger partial charge in [0.2, 0.25) is 17.7 Å². The molecule has 0 spiro atoms. The molecule has 8 nitrogen and oxygen atoms in total. The van der Waals surface area contributed by atoms with Gasteiger partial charge in [0.25, 0.3) is 0 Å². The highest BCUT2D eigenvalue weighted by molar-refractivity contribution is 5.92. The van der Waals surface area contributed by atoms with Gasteiger partial charge in [-0.25, -0.2) is 0 Å². The fourth-order valence-corrected chi connectivity index (χ4v) is 1.76. The van der Waals surface area contributed by atoms with Crippen LogP contribution < -0.4 is 21.7 Å². The summed E-state index contributed by atoms with van der Waals surface area (Å²) < 4.78 is 0. The summed E-state index contributed by atoms with van der Waals surface area (Å²) in [6.07, 6.45) is -0.182. The lowest BCUT2D eigenvalue weighted by Gasteiger charge is -2.20. The number of carbonyl (C=O) groups is 3. The second-order valence-electron chi connectivity index (χ2n) is 4.63. The summed E-state index contributed by atoms with van der Waals surface area (Å²) in [6, 6.07) is 3.81. The molecule has 6 N–H and O–H groups in total. The van der Waals surface area contributed by atoms with E-state index in [1.807, 2.05) is 0 Å². The van der Waals surface area contributed by atoms with E-state index in [-0.39, 0.29) is 18.1 Å². The highest BCUT2D eigenvalue weighted by Crippen LogP contribution is 2.17. The van der Waals surface area contributed by atoms with Crippen LogP contribution in [0.3, 0.4) is 0 Å². The van der Waals surface area contributed by atoms with Gasteiger partial charge < -0.3 is 26.8 Å². The van der Waals surface area contributed by atoms with Crippen molar-refractivity contribution in [1.82, 2.24) is 16.0 Å². The smallest absolute Gasteiger partial charge is 0.246 e. The number of likely N-dealkylation sites (N-methyl/N-ethyl adjacent to an activating group) is 1. The Hall–Kier alpha value is -2.61. The molecule has 1 aromatic carbocycles. The number of aromatic hydroxyl groups is 1. The molecule has 0 fully saturated rings. The molecule has 22 heavy (non-hydrogen) atoms. The molecule has 0 aliphatic carbocycles. The third kappa shape index (κ3) is 4.74. The Bertz CT molecular complexity index is 544. The molecule has 0 aliphatic rings. The molecule has 0 saturated heterocycles. The molecule has 0 heterocycles. The highest BCUT2D eigenvalue weighted by Gasteiger charge is 2.25. The molecule has 0 aliphatic heterocycles. The number of hydrogen-bond donors (Lipinski definition) is 5. The number of phenols is 1. The first-order valence-corrected chi connectivity index (χ1v) is 6.66. The van der Waals surface area contributed by atoms with Crippen molar-refractivity contribution in [2.24, 2.45) is 5.73 Å². The summed E-state index contributed by atoms with van der Waals surface area (Å²) >= 11 is 0. The standard InChI is InChI=1S/C14H20N4O4/c1-16-11(20)7-10(15)13(21)18-12(14(22)17-2)8-3-5-9(19)6-4-8/h3-6,10,12,19H,7,15H2,1-2H3,(H,16,20)(H,17,22)(H,18,21)/t10?,12-/m1/s1. The average Bonchev–Trinajstić information content (AvgIpc) is 2.52. The Morgan fingerprint density at radius 3 is 2.18 bits per heavy atom. The lowest BCUT2D eigenvalue weighted by atomic mass is 10.0. The summed E-state index contributed by atoms with van der Waals surface area (Å²) in [5, 5.41) is 16.6. The number of phenolic OH excluding ortho intramolecular Hbond substituents is 1. The van der Waals surface area contributed by atoms with E-state index in [1.54, 1.807) is 0 Å². The van der Waals surface area contributed by atoms with E-state index < -0.39 is 23.9 Å². The Balaban J connectivity index is 2.85. The Kier molecular flexibility index (Phi) is 6.33. The zero-order valence-electron chi connectivity index (χ0n) is 12.4. The van der Waals surface area contributed by atoms with Gasteiger partial charge in [-0.05, 0) is 17.7 Å². The third-order valence-electron chi connectivity index (χ3n) is 3.04. The third-order valence-corrected chi connectivity index (χ3v) is 3.04. The van der Waals surface area contributed by atoms with Crippen LogP contribution in [-0.4, -0.2) is 43.0 Å². The normalized spacial score (nSPS) is 12.9. The predicted molar refractivity (Wildman–Crippen MR) is 79.7 cm³/mol. The van der Waals surface area contributed by atoms with Crippen molar-refractivity contribution >= 4 is 17.7 Å². The molecule has 0 saturated carbocycles. The maximum Gasteiger partial charge on any atom is 0.246 e. The predicted octanol–water partition coefficient (Wildman–Crippen LogP) is -1.24. The van der Waals surface area contributed by atoms with E-state index in [9.17, 15) is 19.5 Å². The van der Waals surface area contributed by atoms with Crippen molar-refractivity contribution in [3.8, 4) is 5.75 Å². The number of carbonyl (C=O) groups excluding carboxylic acids is 3. The summed E-state index contributed by atoms with van der Waals surface area (Å²) in [6.45, 7) is 0. The molecule has 0 aromatic heterocycles. The maximum atomic E-state index is 12.0. The van der Waals surface area contributed by atoms with Gasteiger partial charge in [0, 0.05) is 14.1 Å². The van der Waals surface area contributed by atoms with Crippen molar-refractivity contribution in [1.29, 1.82) is 0 Å². The number of nitrogens with two attached hydrogens (primary N) is 1. The fraction of sp³-hybridized carbons (Fsp3) is 0.357. The minimum Gasteiger partial charge on any atom is -0.508 e. The maximum absolute atomic E-state index is 12.0. The van der Waals surface area contributed by atoms with Crippen LogP contribution in [0.15, 0.2) is 24.3 Å². The first-order chi connectivity index (χ1) is 10.4. The Morgan fingerprint density at radius 2 is 1.68 bits per heavy atom. The van der Waals surface area contributed by atoms with Crippen molar-refractivity contribution in [2.75, 3.05) is 14.1 Å². The van der Waals surface area contributed by atoms with Gasteiger partial charge in [0.15, 0.2) is 0 Å². The van der Waals surface area contributed by atoms with Crippen LogP contribution in [0.1, 0.15) is 18.0 Å². The molecular formula is C14H20N4O4. The average molecular weight is 308 g/mol. The molecule has 0 bridgehead atoms. The number of hydrogen-bond acceptors (Lipinski definition) is 5. The number of nitrogens with one attached hydrogen (secondary N) is 3. The topological polar surface area (TPSA) is 134 Å². The Labute approximate surface area is 128 Å². The molecule has 1 unspecified atom stereocenters. The second-order valence-corrected chi connectivity index (χ2v) is 4.63. The SMILES string of the molecule is CNC(=O)CC(N)C(=O)N[C@@H](C(=O)NC)c1ccc(O)cc1. The fourth-order valence-electron chi connectivity index (χ4n) is 1.76. The second kappa shape index (κ2) is 7.99. The molecule has 0 radical (unpaired) electrons. The largest absolute Gasteiger partial charge is 0.508 e. The Morgan fingerprint density at radius 1 is 1.09 bits per heavy atom. The van der Waals surface area contributed by atoms with Gasteiger partial charge in [-0.15, -0.1) is 0 Å². The quantitative estimate of drug-likeness (QED) is 0.448. The molecule has 3 amide bonds. The van der Waals surface area contributed by atoms with E-state index in [0.717, 1.165) is 0 Å². The van der Waals surface area contributed by atoms with Gasteiger partial charge in [-0.1, -0.05) is 12.1 Å². The van der Waals surface area contributed by atoms with Gasteiger partial charge in [0.1, 0.15) is 11.8 Å². The van der Waals surface area contributed by atoms with Crippen LogP contribution in [0.5, 0.6) is 5.75 Å². The zero-order chi connectivity index (χ0) is 16.7. The molecule has 2 atom stereocenters. The van der Waals surface area contributed by atoms with Crippen LogP contribution >= 0.6 is 0 Å². The lowest BCUT2D eigenvalue weighted by molar-refractivity contribution is -0.131. The van der Waals surface area contributed by atoms with Crippen molar-refractivity contribution in [3.63, 3.8) is 0 Å². The van der Waals surface area contributed by atoms with Gasteiger partial charge in [-0.2, -0.15) is 0 Å². The number of amides is 3. The van der Waals surface area contributed by atoms with E-state index in [1.165, 1.54) is 38.4 Å². The van der Waals surface area contributed by atoms with Gasteiger partial charge in [0.05, 0.1) is 12.5 Å². The van der Waals surface area contributed by atoms with E-state index in [0.29, 0.717) is 5.56 Å². The van der Waals surface area contributed by atoms with Gasteiger partial charge in [-0.3, -0.25) is 14.4 Å². The zero-order valence-corrected chi connectivity index (χ0v) is 12.4. The van der Waals surface area contributed by atoms with Crippen LogP contribution in [0.4, 0.5) is 0 Å². The number of rotatable bonds is 6. The van der Waals surface area contributed by atoms with E-state index >= 15 is 0 Å². The monoisotopic (exact) mass is 308 g/mol. The van der Waals surface area contributed by atoms with Crippen LogP contribution in [0, 0.1) is 0 Å². The first kappa shape index (κ1) is 17.4. The van der Waals surface area contributed by atoms with Crippen molar-refractivity contribution in [3.05, 3.63) is 29.8 Å². The van der Waals surface area contributed by atoms with Crippen molar-refractivity contribution in [2.45, 2.75) is 18.5 Å². The highest BCUT2D eigenvalue weighted by atomic mass is 16.3. The number of benzene rings is 1. The first-order valence-electron chi connectivity index (χ1n) is 6.66. The van der Waals surface area contributed by atoms with E-state index in [2.05, 4.69) is 16.0 Å². The van der Waals surface area contributed by atoms with Gasteiger partial charge >= 0.3 is 0 Å². The van der Waals surface area contributed by atoms with Crippen LogP contribution in [0.2, 0.25) is 0 Å². The molecular weight excluding hydrogens is 288 g/mol. The molecule has 1 aromatic rings. The summed E-state index contributed by atoms with van der Waals surface area (Å²) in [7, 11) is 2.88. The lowest BCUT2D eigenvalue weighted by Crippen LogP contribution is -2.47. The minimum atomic E-state index is -1.07. The molecule has 120 valence electrons. The summed E-state index contributed by atoms with van der Waals surface area (Å²) in [4.78, 5) is 35.2. The molecule has 1 rings (SSSR count). The summed E-state index contributed by atoms with van der Waals surface area (Å²) in [5.74, 6) is -1.39.